The number of benzene rings is 2. The molecule has 198 valence electrons. The highest BCUT2D eigenvalue weighted by molar-refractivity contribution is 5.83. The van der Waals surface area contributed by atoms with E-state index in [1.54, 1.807) is 36.5 Å². The smallest absolute Gasteiger partial charge is 0.200 e. The third kappa shape index (κ3) is 4.36. The number of piperidine rings is 3. The van der Waals surface area contributed by atoms with Crippen molar-refractivity contribution in [2.75, 3.05) is 20.2 Å². The number of nitrogens with zero attached hydrogens (tertiary/aromatic N) is 2. The second-order valence-electron chi connectivity index (χ2n) is 9.81. The summed E-state index contributed by atoms with van der Waals surface area (Å²) in [6.45, 7) is 4.27. The number of hydrogen-bond donors (Lipinski definition) is 1. The third-order valence-corrected chi connectivity index (χ3v) is 8.11. The van der Waals surface area contributed by atoms with Crippen molar-refractivity contribution in [1.29, 1.82) is 0 Å². The van der Waals surface area contributed by atoms with Crippen LogP contribution in [-0.4, -0.2) is 40.8 Å². The van der Waals surface area contributed by atoms with E-state index in [0.717, 1.165) is 0 Å². The van der Waals surface area contributed by atoms with Crippen LogP contribution < -0.4 is 17.1 Å². The number of pyridine rings is 1. The zero-order valence-corrected chi connectivity index (χ0v) is 20.8. The number of ether oxygens (including phenoxy) is 1. The molecule has 0 spiro atoms. The number of hydrogen-bond acceptors (Lipinski definition) is 3. The van der Waals surface area contributed by atoms with Gasteiger partial charge < -0.3 is 26.7 Å². The molecule has 5 atom stereocenters. The van der Waals surface area contributed by atoms with Gasteiger partial charge in [0.2, 0.25) is 5.82 Å². The summed E-state index contributed by atoms with van der Waals surface area (Å²) in [4.78, 5) is 4.35. The minimum Gasteiger partial charge on any atom is -1.00 e. The summed E-state index contributed by atoms with van der Waals surface area (Å²) in [5, 5.41) is 12.4. The first-order chi connectivity index (χ1) is 17.2. The topological polar surface area (TPSA) is 42.4 Å². The van der Waals surface area contributed by atoms with E-state index in [4.69, 9.17) is 4.74 Å². The van der Waals surface area contributed by atoms with Crippen LogP contribution >= 0.6 is 0 Å². The molecule has 3 fully saturated rings. The molecule has 3 aliphatic heterocycles. The van der Waals surface area contributed by atoms with Gasteiger partial charge in [0.1, 0.15) is 24.4 Å². The second kappa shape index (κ2) is 10.2. The van der Waals surface area contributed by atoms with Crippen molar-refractivity contribution < 1.29 is 48.7 Å². The average Bonchev–Trinajstić information content (AvgIpc) is 2.92. The van der Waals surface area contributed by atoms with Gasteiger partial charge in [0, 0.05) is 30.3 Å². The molecule has 0 amide bonds. The van der Waals surface area contributed by atoms with Crippen LogP contribution in [0.1, 0.15) is 30.1 Å². The summed E-state index contributed by atoms with van der Waals surface area (Å²) < 4.78 is 76.7. The van der Waals surface area contributed by atoms with Gasteiger partial charge in [-0.1, -0.05) is 6.08 Å². The van der Waals surface area contributed by atoms with Gasteiger partial charge in [-0.2, -0.15) is 0 Å². The lowest BCUT2D eigenvalue weighted by Gasteiger charge is -2.58. The highest BCUT2D eigenvalue weighted by Crippen LogP contribution is 2.48. The predicted octanol–water partition coefficient (Wildman–Crippen LogP) is 2.59. The minimum atomic E-state index is -2.18. The van der Waals surface area contributed by atoms with Crippen LogP contribution in [0.2, 0.25) is 0 Å². The summed E-state index contributed by atoms with van der Waals surface area (Å²) >= 11 is 0. The molecule has 6 rings (SSSR count). The van der Waals surface area contributed by atoms with Crippen molar-refractivity contribution in [3.8, 4) is 5.75 Å². The minimum absolute atomic E-state index is 0. The Balaban J connectivity index is 0.00000320. The van der Waals surface area contributed by atoms with Crippen molar-refractivity contribution in [2.45, 2.75) is 31.5 Å². The predicted molar refractivity (Wildman–Crippen MR) is 123 cm³/mol. The molecule has 0 aliphatic carbocycles. The maximum Gasteiger partial charge on any atom is 0.200 e. The number of fused-ring (bicyclic) bond motifs is 4. The summed E-state index contributed by atoms with van der Waals surface area (Å²) in [7, 11) is 1.53. The lowest BCUT2D eigenvalue weighted by atomic mass is 9.71. The number of aromatic nitrogens is 1. The van der Waals surface area contributed by atoms with Crippen molar-refractivity contribution in [1.82, 2.24) is 4.98 Å². The van der Waals surface area contributed by atoms with Crippen molar-refractivity contribution in [3.63, 3.8) is 0 Å². The van der Waals surface area contributed by atoms with Crippen LogP contribution in [0.3, 0.4) is 0 Å². The molecule has 2 bridgehead atoms. The van der Waals surface area contributed by atoms with Gasteiger partial charge in [-0.15, -0.1) is 6.58 Å². The van der Waals surface area contributed by atoms with E-state index in [-0.39, 0.29) is 28.7 Å². The molecule has 37 heavy (non-hydrogen) atoms. The van der Waals surface area contributed by atoms with E-state index in [1.807, 2.05) is 0 Å². The first-order valence-corrected chi connectivity index (χ1v) is 11.8. The zero-order chi connectivity index (χ0) is 25.8. The Morgan fingerprint density at radius 2 is 1.78 bits per heavy atom. The number of aliphatic hydroxyl groups is 1. The number of rotatable bonds is 6. The Hall–Kier alpha value is -2.75. The van der Waals surface area contributed by atoms with Gasteiger partial charge in [-0.05, 0) is 35.7 Å². The van der Waals surface area contributed by atoms with Crippen molar-refractivity contribution in [2.24, 2.45) is 11.8 Å². The molecule has 4 nitrogen and oxygen atoms in total. The fraction of sp³-hybridized carbons (Fsp3) is 0.370. The molecular weight excluding hydrogens is 515 g/mol. The van der Waals surface area contributed by atoms with Crippen molar-refractivity contribution in [3.05, 3.63) is 83.3 Å². The quantitative estimate of drug-likeness (QED) is 0.172. The van der Waals surface area contributed by atoms with Crippen LogP contribution in [0.5, 0.6) is 5.75 Å². The SMILES string of the molecule is C=CC1C[N+]2(Cc3c(F)c(F)c(F)c(F)c3F)CCC1CC2[C@H](O)c1ccnc2ccc(OC)cc12.[Cl-]. The number of halogens is 6. The Morgan fingerprint density at radius 3 is 2.43 bits per heavy atom. The summed E-state index contributed by atoms with van der Waals surface area (Å²) in [6, 6.07) is 6.44. The summed E-state index contributed by atoms with van der Waals surface area (Å²) in [6.07, 6.45) is 3.49. The van der Waals surface area contributed by atoms with Crippen LogP contribution in [-0.2, 0) is 6.54 Å². The van der Waals surface area contributed by atoms with Crippen LogP contribution in [0.25, 0.3) is 10.9 Å². The van der Waals surface area contributed by atoms with E-state index in [9.17, 15) is 27.1 Å². The van der Waals surface area contributed by atoms with E-state index in [0.29, 0.717) is 48.1 Å². The zero-order valence-electron chi connectivity index (χ0n) is 20.0. The van der Waals surface area contributed by atoms with Crippen LogP contribution in [0, 0.1) is 40.9 Å². The normalized spacial score (nSPS) is 25.5. The van der Waals surface area contributed by atoms with Crippen LogP contribution in [0.4, 0.5) is 22.0 Å². The average molecular weight is 541 g/mol. The van der Waals surface area contributed by atoms with Gasteiger partial charge in [-0.25, -0.2) is 22.0 Å². The summed E-state index contributed by atoms with van der Waals surface area (Å²) in [5.74, 6) is -8.98. The number of quaternary nitrogens is 1. The highest BCUT2D eigenvalue weighted by atomic mass is 35.5. The molecule has 1 aromatic heterocycles. The molecule has 0 radical (unpaired) electrons. The van der Waals surface area contributed by atoms with Gasteiger partial charge in [0.25, 0.3) is 0 Å². The first kappa shape index (κ1) is 27.3. The highest BCUT2D eigenvalue weighted by Gasteiger charge is 2.54. The summed E-state index contributed by atoms with van der Waals surface area (Å²) in [5.41, 5.74) is 0.355. The Bertz CT molecular complexity index is 1330. The van der Waals surface area contributed by atoms with Gasteiger partial charge in [0.05, 0.1) is 31.3 Å². The van der Waals surface area contributed by atoms with E-state index in [2.05, 4.69) is 11.6 Å². The molecule has 0 saturated carbocycles. The molecule has 2 aromatic carbocycles. The van der Waals surface area contributed by atoms with Crippen molar-refractivity contribution >= 4 is 10.9 Å². The Kier molecular flexibility index (Phi) is 7.52. The molecule has 4 unspecified atom stereocenters. The Labute approximate surface area is 217 Å². The van der Waals surface area contributed by atoms with Gasteiger partial charge in [0.15, 0.2) is 23.3 Å². The fourth-order valence-electron chi connectivity index (χ4n) is 6.22. The van der Waals surface area contributed by atoms with E-state index < -0.39 is 53.3 Å². The van der Waals surface area contributed by atoms with Crippen LogP contribution in [0.15, 0.2) is 43.1 Å². The molecular formula is C27H26ClF5N2O2. The lowest BCUT2D eigenvalue weighted by Crippen LogP contribution is -3.00. The van der Waals surface area contributed by atoms with Gasteiger partial charge in [-0.3, -0.25) is 4.98 Å². The molecule has 3 aliphatic rings. The largest absolute Gasteiger partial charge is 1.00 e. The molecule has 3 aromatic rings. The van der Waals surface area contributed by atoms with Gasteiger partial charge >= 0.3 is 0 Å². The maximum atomic E-state index is 14.8. The van der Waals surface area contributed by atoms with E-state index >= 15 is 0 Å². The number of aliphatic hydroxyl groups excluding tert-OH is 1. The number of methoxy groups -OCH3 is 1. The van der Waals surface area contributed by atoms with E-state index in [1.165, 1.54) is 7.11 Å². The molecule has 3 saturated heterocycles. The molecule has 10 heteroatoms. The molecule has 4 heterocycles. The monoisotopic (exact) mass is 540 g/mol. The maximum absolute atomic E-state index is 14.8. The standard InChI is InChI=1S/C27H26F5N2O2.ClH/c1-3-14-12-34(13-19-22(28)24(30)26(32)25(31)23(19)29)9-7-15(14)10-21(34)27(35)17-6-8-33-20-5-4-16(36-2)11-18(17)20;/h3-6,8,11,14-15,21,27,35H,1,7,9-10,12-13H2,2H3;1H/q+1;/p-1/t14?,15?,21?,27-,34?;/m1./s1. The molecule has 1 N–H and O–H groups in total. The lowest BCUT2D eigenvalue weighted by molar-refractivity contribution is -0.985. The fourth-order valence-corrected chi connectivity index (χ4v) is 6.22. The second-order valence-corrected chi connectivity index (χ2v) is 9.81. The Morgan fingerprint density at radius 1 is 1.11 bits per heavy atom. The third-order valence-electron chi connectivity index (χ3n) is 8.11. The first-order valence-electron chi connectivity index (χ1n) is 11.8.